The summed E-state index contributed by atoms with van der Waals surface area (Å²) in [4.78, 5) is 12.3. The van der Waals surface area contributed by atoms with Gasteiger partial charge in [0.1, 0.15) is 5.82 Å². The van der Waals surface area contributed by atoms with Crippen LogP contribution in [0.5, 0.6) is 0 Å². The summed E-state index contributed by atoms with van der Waals surface area (Å²) >= 11 is 0. The Morgan fingerprint density at radius 3 is 2.37 bits per heavy atom. The average Bonchev–Trinajstić information content (AvgIpc) is 2.77. The van der Waals surface area contributed by atoms with Crippen LogP contribution < -0.4 is 5.43 Å². The minimum absolute atomic E-state index is 0.204. The first-order valence-corrected chi connectivity index (χ1v) is 11.1. The molecule has 30 heavy (non-hydrogen) atoms. The van der Waals surface area contributed by atoms with Crippen molar-refractivity contribution in [3.8, 4) is 0 Å². The number of morpholine rings is 1. The Morgan fingerprint density at radius 2 is 1.73 bits per heavy atom. The van der Waals surface area contributed by atoms with Crippen molar-refractivity contribution in [3.05, 3.63) is 65.5 Å². The van der Waals surface area contributed by atoms with Gasteiger partial charge in [-0.15, -0.1) is 0 Å². The fourth-order valence-electron chi connectivity index (χ4n) is 2.98. The summed E-state index contributed by atoms with van der Waals surface area (Å²) in [7, 11) is -3.52. The van der Waals surface area contributed by atoms with E-state index in [4.69, 9.17) is 4.74 Å². The Kier molecular flexibility index (Phi) is 7.30. The van der Waals surface area contributed by atoms with E-state index in [1.807, 2.05) is 0 Å². The molecule has 0 atom stereocenters. The monoisotopic (exact) mass is 433 g/mol. The van der Waals surface area contributed by atoms with Gasteiger partial charge in [0.15, 0.2) is 0 Å². The average molecular weight is 434 g/mol. The highest BCUT2D eigenvalue weighted by atomic mass is 32.2. The molecule has 0 radical (unpaired) electrons. The number of sulfonamides is 1. The molecule has 1 amide bonds. The van der Waals surface area contributed by atoms with Gasteiger partial charge < -0.3 is 4.74 Å². The van der Waals surface area contributed by atoms with Crippen molar-refractivity contribution in [3.63, 3.8) is 0 Å². The van der Waals surface area contributed by atoms with Gasteiger partial charge >= 0.3 is 0 Å². The molecule has 9 heteroatoms. The molecule has 1 aliphatic rings. The number of hydrogen-bond acceptors (Lipinski definition) is 5. The molecule has 0 aromatic heterocycles. The third-order valence-electron chi connectivity index (χ3n) is 4.78. The quantitative estimate of drug-likeness (QED) is 0.536. The van der Waals surface area contributed by atoms with E-state index in [-0.39, 0.29) is 23.0 Å². The van der Waals surface area contributed by atoms with Gasteiger partial charge in [0, 0.05) is 19.5 Å². The highest BCUT2D eigenvalue weighted by molar-refractivity contribution is 7.89. The van der Waals surface area contributed by atoms with Crippen LogP contribution in [0, 0.1) is 5.82 Å². The van der Waals surface area contributed by atoms with Crippen LogP contribution in [-0.2, 0) is 26.0 Å². The van der Waals surface area contributed by atoms with E-state index in [1.165, 1.54) is 16.4 Å². The van der Waals surface area contributed by atoms with Crippen molar-refractivity contribution < 1.29 is 22.3 Å². The Bertz CT molecular complexity index is 1000. The zero-order valence-electron chi connectivity index (χ0n) is 16.7. The molecule has 0 bridgehead atoms. The standard InChI is InChI=1S/C21H24FN3O4S/c1-16(18-5-7-19(22)8-6-18)23-24-21(26)11-4-17-2-9-20(10-3-17)30(27,28)25-12-14-29-15-13-25/h2-3,5-10H,4,11-15H2,1H3,(H,24,26)/b23-16+. The molecule has 0 aliphatic carbocycles. The number of benzene rings is 2. The van der Waals surface area contributed by atoms with Crippen LogP contribution in [0.25, 0.3) is 0 Å². The smallest absolute Gasteiger partial charge is 0.243 e. The van der Waals surface area contributed by atoms with Crippen LogP contribution >= 0.6 is 0 Å². The molecule has 3 rings (SSSR count). The lowest BCUT2D eigenvalue weighted by Gasteiger charge is -2.26. The lowest BCUT2D eigenvalue weighted by atomic mass is 10.1. The first-order chi connectivity index (χ1) is 14.4. The topological polar surface area (TPSA) is 88.1 Å². The number of rotatable bonds is 7. The van der Waals surface area contributed by atoms with Gasteiger partial charge in [-0.05, 0) is 48.7 Å². The van der Waals surface area contributed by atoms with E-state index in [0.717, 1.165) is 5.56 Å². The molecule has 2 aromatic rings. The third-order valence-corrected chi connectivity index (χ3v) is 6.70. The van der Waals surface area contributed by atoms with Crippen molar-refractivity contribution in [1.29, 1.82) is 0 Å². The summed E-state index contributed by atoms with van der Waals surface area (Å²) in [5, 5.41) is 4.03. The van der Waals surface area contributed by atoms with Crippen molar-refractivity contribution in [2.24, 2.45) is 5.10 Å². The van der Waals surface area contributed by atoms with E-state index >= 15 is 0 Å². The van der Waals surface area contributed by atoms with Crippen molar-refractivity contribution >= 4 is 21.6 Å². The fraction of sp³-hybridized carbons (Fsp3) is 0.333. The van der Waals surface area contributed by atoms with E-state index in [2.05, 4.69) is 10.5 Å². The van der Waals surface area contributed by atoms with Gasteiger partial charge in [0.25, 0.3) is 0 Å². The molecule has 1 saturated heterocycles. The molecule has 1 N–H and O–H groups in total. The number of hydrazone groups is 1. The third kappa shape index (κ3) is 5.71. The van der Waals surface area contributed by atoms with Crippen LogP contribution in [0.1, 0.15) is 24.5 Å². The predicted octanol–water partition coefficient (Wildman–Crippen LogP) is 2.32. The van der Waals surface area contributed by atoms with Crippen molar-refractivity contribution in [2.45, 2.75) is 24.7 Å². The molecule has 0 saturated carbocycles. The summed E-state index contributed by atoms with van der Waals surface area (Å²) in [6.07, 6.45) is 0.657. The van der Waals surface area contributed by atoms with Crippen molar-refractivity contribution in [2.75, 3.05) is 26.3 Å². The predicted molar refractivity (Wildman–Crippen MR) is 111 cm³/mol. The lowest BCUT2D eigenvalue weighted by molar-refractivity contribution is -0.121. The molecular formula is C21H24FN3O4S. The summed E-state index contributed by atoms with van der Waals surface area (Å²) < 4.78 is 44.8. The molecule has 2 aromatic carbocycles. The second-order valence-electron chi connectivity index (χ2n) is 6.90. The largest absolute Gasteiger partial charge is 0.379 e. The second-order valence-corrected chi connectivity index (χ2v) is 8.84. The second kappa shape index (κ2) is 9.92. The molecule has 1 aliphatic heterocycles. The van der Waals surface area contributed by atoms with Crippen LogP contribution in [0.4, 0.5) is 4.39 Å². The molecule has 0 unspecified atom stereocenters. The van der Waals surface area contributed by atoms with Gasteiger partial charge in [-0.3, -0.25) is 4.79 Å². The number of nitrogens with one attached hydrogen (secondary N) is 1. The highest BCUT2D eigenvalue weighted by Gasteiger charge is 2.26. The van der Waals surface area contributed by atoms with E-state index in [1.54, 1.807) is 43.3 Å². The Labute approximate surface area is 175 Å². The summed E-state index contributed by atoms with van der Waals surface area (Å²) in [6, 6.07) is 12.4. The molecule has 160 valence electrons. The summed E-state index contributed by atoms with van der Waals surface area (Å²) in [5.41, 5.74) is 4.62. The van der Waals surface area contributed by atoms with Gasteiger partial charge in [0.05, 0.1) is 23.8 Å². The zero-order chi connectivity index (χ0) is 21.6. The molecule has 1 fully saturated rings. The number of amides is 1. The number of nitrogens with zero attached hydrogens (tertiary/aromatic N) is 2. The zero-order valence-corrected chi connectivity index (χ0v) is 17.5. The normalized spacial score (nSPS) is 15.7. The first-order valence-electron chi connectivity index (χ1n) is 9.62. The van der Waals surface area contributed by atoms with Gasteiger partial charge in [-0.1, -0.05) is 24.3 Å². The maximum atomic E-state index is 13.0. The number of halogens is 1. The minimum Gasteiger partial charge on any atom is -0.379 e. The SMILES string of the molecule is C/C(=N\NC(=O)CCc1ccc(S(=O)(=O)N2CCOCC2)cc1)c1ccc(F)cc1. The minimum atomic E-state index is -3.52. The van der Waals surface area contributed by atoms with Crippen molar-refractivity contribution in [1.82, 2.24) is 9.73 Å². The number of hydrogen-bond donors (Lipinski definition) is 1. The molecular weight excluding hydrogens is 409 g/mol. The first kappa shape index (κ1) is 22.1. The molecule has 7 nitrogen and oxygen atoms in total. The number of ether oxygens (including phenoxy) is 1. The van der Waals surface area contributed by atoms with Crippen LogP contribution in [0.15, 0.2) is 58.5 Å². The number of carbonyl (C=O) groups is 1. The summed E-state index contributed by atoms with van der Waals surface area (Å²) in [6.45, 7) is 3.22. The maximum absolute atomic E-state index is 13.0. The summed E-state index contributed by atoms with van der Waals surface area (Å²) in [5.74, 6) is -0.596. The number of carbonyl (C=O) groups excluding carboxylic acids is 1. The Hall–Kier alpha value is -2.62. The Morgan fingerprint density at radius 1 is 1.10 bits per heavy atom. The Balaban J connectivity index is 1.52. The van der Waals surface area contributed by atoms with Gasteiger partial charge in [0.2, 0.25) is 15.9 Å². The number of aryl methyl sites for hydroxylation is 1. The molecule has 0 spiro atoms. The molecule has 1 heterocycles. The highest BCUT2D eigenvalue weighted by Crippen LogP contribution is 2.18. The van der Waals surface area contributed by atoms with Crippen LogP contribution in [-0.4, -0.2) is 50.6 Å². The van der Waals surface area contributed by atoms with E-state index in [9.17, 15) is 17.6 Å². The van der Waals surface area contributed by atoms with E-state index < -0.39 is 10.0 Å². The van der Waals surface area contributed by atoms with Crippen LogP contribution in [0.3, 0.4) is 0 Å². The maximum Gasteiger partial charge on any atom is 0.243 e. The van der Waals surface area contributed by atoms with Gasteiger partial charge in [-0.25, -0.2) is 18.2 Å². The van der Waals surface area contributed by atoms with Crippen LogP contribution in [0.2, 0.25) is 0 Å². The lowest BCUT2D eigenvalue weighted by Crippen LogP contribution is -2.40. The fourth-order valence-corrected chi connectivity index (χ4v) is 4.39. The van der Waals surface area contributed by atoms with E-state index in [0.29, 0.717) is 44.0 Å². The van der Waals surface area contributed by atoms with Gasteiger partial charge in [-0.2, -0.15) is 9.41 Å².